The predicted octanol–water partition coefficient (Wildman–Crippen LogP) is 10.0. The van der Waals surface area contributed by atoms with E-state index < -0.39 is 0 Å². The van der Waals surface area contributed by atoms with Gasteiger partial charge in [-0.1, -0.05) is 97.1 Å². The van der Waals surface area contributed by atoms with Crippen LogP contribution in [0.5, 0.6) is 0 Å². The second-order valence-electron chi connectivity index (χ2n) is 11.0. The minimum Gasteiger partial charge on any atom is -0.293 e. The molecular formula is C40H26N4. The Balaban J connectivity index is 1.68. The van der Waals surface area contributed by atoms with E-state index in [0.717, 1.165) is 55.6 Å². The number of rotatable bonds is 4. The van der Waals surface area contributed by atoms with Crippen LogP contribution in [0.25, 0.3) is 77.5 Å². The molecule has 0 radical (unpaired) electrons. The van der Waals surface area contributed by atoms with E-state index in [9.17, 15) is 0 Å². The van der Waals surface area contributed by atoms with Crippen molar-refractivity contribution >= 4 is 43.9 Å². The first-order chi connectivity index (χ1) is 21.9. The molecule has 4 heteroatoms. The first-order valence-corrected chi connectivity index (χ1v) is 14.9. The smallest absolute Gasteiger partial charge is 0.145 e. The number of benzene rings is 5. The van der Waals surface area contributed by atoms with Gasteiger partial charge in [-0.15, -0.1) is 0 Å². The van der Waals surface area contributed by atoms with Crippen molar-refractivity contribution in [3.63, 3.8) is 0 Å². The van der Waals surface area contributed by atoms with Gasteiger partial charge in [0.05, 0.1) is 11.0 Å². The average Bonchev–Trinajstić information content (AvgIpc) is 3.62. The maximum absolute atomic E-state index is 5.03. The summed E-state index contributed by atoms with van der Waals surface area (Å²) >= 11 is 0. The van der Waals surface area contributed by atoms with E-state index in [0.29, 0.717) is 0 Å². The van der Waals surface area contributed by atoms with Crippen LogP contribution < -0.4 is 0 Å². The number of pyridine rings is 2. The summed E-state index contributed by atoms with van der Waals surface area (Å²) in [5, 5.41) is 4.58. The molecule has 9 rings (SSSR count). The number of nitrogens with zero attached hydrogens (tertiary/aromatic N) is 4. The van der Waals surface area contributed by atoms with E-state index in [-0.39, 0.29) is 0 Å². The van der Waals surface area contributed by atoms with Gasteiger partial charge >= 0.3 is 0 Å². The van der Waals surface area contributed by atoms with E-state index in [4.69, 9.17) is 9.97 Å². The molecule has 0 saturated heterocycles. The van der Waals surface area contributed by atoms with Crippen LogP contribution in [0.15, 0.2) is 158 Å². The third kappa shape index (κ3) is 3.52. The Labute approximate surface area is 254 Å². The molecule has 0 N–H and O–H groups in total. The standard InChI is InChI=1S/C40H26N4/c1-5-15-27(16-6-1)33-35-31-23-13-25-41-39(31)44(30-21-11-4-12-22-30)38(35)34(28-17-7-2-8-18-28)36-32-24-14-26-42-40(32)43(37(33)36)29-19-9-3-10-20-29/h1-26H. The highest BCUT2D eigenvalue weighted by molar-refractivity contribution is 6.32. The maximum atomic E-state index is 5.03. The molecule has 4 nitrogen and oxygen atoms in total. The lowest BCUT2D eigenvalue weighted by Crippen LogP contribution is -1.99. The molecule has 206 valence electrons. The zero-order valence-corrected chi connectivity index (χ0v) is 23.8. The lowest BCUT2D eigenvalue weighted by molar-refractivity contribution is 1.13. The Morgan fingerprint density at radius 3 is 1.11 bits per heavy atom. The van der Waals surface area contributed by atoms with E-state index in [1.165, 1.54) is 21.9 Å². The molecule has 0 unspecified atom stereocenters. The van der Waals surface area contributed by atoms with Crippen LogP contribution in [-0.2, 0) is 0 Å². The SMILES string of the molecule is c1ccc(-c2c3c4cccnc4n(-c4ccccc4)c3c(-c3ccccc3)c3c4cccnc4n(-c4ccccc4)c23)cc1. The Morgan fingerprint density at radius 2 is 0.727 bits per heavy atom. The summed E-state index contributed by atoms with van der Waals surface area (Å²) in [5.41, 5.74) is 10.9. The summed E-state index contributed by atoms with van der Waals surface area (Å²) in [6.07, 6.45) is 3.79. The van der Waals surface area contributed by atoms with Crippen molar-refractivity contribution in [1.82, 2.24) is 19.1 Å². The van der Waals surface area contributed by atoms with Crippen LogP contribution in [0.4, 0.5) is 0 Å². The third-order valence-electron chi connectivity index (χ3n) is 8.58. The van der Waals surface area contributed by atoms with Crippen LogP contribution in [0.1, 0.15) is 0 Å². The highest BCUT2D eigenvalue weighted by Crippen LogP contribution is 2.51. The van der Waals surface area contributed by atoms with Crippen molar-refractivity contribution in [3.05, 3.63) is 158 Å². The fourth-order valence-corrected chi connectivity index (χ4v) is 6.88. The summed E-state index contributed by atoms with van der Waals surface area (Å²) in [5.74, 6) is 0. The molecule has 9 aromatic rings. The lowest BCUT2D eigenvalue weighted by atomic mass is 9.90. The minimum absolute atomic E-state index is 0.935. The largest absolute Gasteiger partial charge is 0.293 e. The predicted molar refractivity (Wildman–Crippen MR) is 182 cm³/mol. The molecule has 0 bridgehead atoms. The van der Waals surface area contributed by atoms with Gasteiger partial charge in [-0.05, 0) is 59.7 Å². The highest BCUT2D eigenvalue weighted by Gasteiger charge is 2.29. The fraction of sp³-hybridized carbons (Fsp3) is 0. The molecule has 5 aromatic carbocycles. The van der Waals surface area contributed by atoms with Gasteiger partial charge in [0.1, 0.15) is 11.3 Å². The molecule has 0 amide bonds. The number of para-hydroxylation sites is 2. The van der Waals surface area contributed by atoms with Crippen molar-refractivity contribution < 1.29 is 0 Å². The maximum Gasteiger partial charge on any atom is 0.145 e. The molecule has 0 atom stereocenters. The number of aromatic nitrogens is 4. The van der Waals surface area contributed by atoms with Gasteiger partial charge in [-0.2, -0.15) is 0 Å². The fourth-order valence-electron chi connectivity index (χ4n) is 6.88. The Kier molecular flexibility index (Phi) is 5.47. The zero-order valence-electron chi connectivity index (χ0n) is 23.8. The summed E-state index contributed by atoms with van der Waals surface area (Å²) < 4.78 is 4.70. The topological polar surface area (TPSA) is 35.6 Å². The summed E-state index contributed by atoms with van der Waals surface area (Å²) in [7, 11) is 0. The van der Waals surface area contributed by atoms with E-state index in [1.807, 2.05) is 24.5 Å². The van der Waals surface area contributed by atoms with Gasteiger partial charge in [0.15, 0.2) is 0 Å². The lowest BCUT2D eigenvalue weighted by Gasteiger charge is -2.18. The molecule has 4 heterocycles. The van der Waals surface area contributed by atoms with Crippen molar-refractivity contribution in [3.8, 4) is 33.6 Å². The van der Waals surface area contributed by atoms with Crippen molar-refractivity contribution in [2.24, 2.45) is 0 Å². The minimum atomic E-state index is 0.935. The molecule has 0 fully saturated rings. The normalized spacial score (nSPS) is 11.6. The van der Waals surface area contributed by atoms with Crippen LogP contribution in [0, 0.1) is 0 Å². The van der Waals surface area contributed by atoms with Gasteiger partial charge in [0, 0.05) is 56.4 Å². The van der Waals surface area contributed by atoms with Crippen molar-refractivity contribution in [1.29, 1.82) is 0 Å². The Bertz CT molecular complexity index is 2280. The van der Waals surface area contributed by atoms with Crippen LogP contribution in [-0.4, -0.2) is 19.1 Å². The van der Waals surface area contributed by atoms with Crippen LogP contribution >= 0.6 is 0 Å². The average molecular weight is 563 g/mol. The second kappa shape index (κ2) is 9.79. The molecule has 0 aliphatic carbocycles. The van der Waals surface area contributed by atoms with Gasteiger partial charge in [-0.25, -0.2) is 9.97 Å². The molecule has 0 saturated carbocycles. The quantitative estimate of drug-likeness (QED) is 0.214. The van der Waals surface area contributed by atoms with Crippen molar-refractivity contribution in [2.75, 3.05) is 0 Å². The molecular weight excluding hydrogens is 536 g/mol. The van der Waals surface area contributed by atoms with E-state index in [2.05, 4.69) is 143 Å². The molecule has 0 spiro atoms. The van der Waals surface area contributed by atoms with Gasteiger partial charge < -0.3 is 0 Å². The van der Waals surface area contributed by atoms with Crippen LogP contribution in [0.3, 0.4) is 0 Å². The first-order valence-electron chi connectivity index (χ1n) is 14.9. The van der Waals surface area contributed by atoms with E-state index >= 15 is 0 Å². The summed E-state index contributed by atoms with van der Waals surface area (Å²) in [6.45, 7) is 0. The molecule has 4 aromatic heterocycles. The first kappa shape index (κ1) is 24.6. The third-order valence-corrected chi connectivity index (χ3v) is 8.58. The Hall–Kier alpha value is -6.00. The number of fused-ring (bicyclic) bond motifs is 6. The Morgan fingerprint density at radius 1 is 0.364 bits per heavy atom. The molecule has 44 heavy (non-hydrogen) atoms. The van der Waals surface area contributed by atoms with Crippen LogP contribution in [0.2, 0.25) is 0 Å². The van der Waals surface area contributed by atoms with Gasteiger partial charge in [0.2, 0.25) is 0 Å². The monoisotopic (exact) mass is 562 g/mol. The molecule has 0 aliphatic rings. The summed E-state index contributed by atoms with van der Waals surface area (Å²) in [6, 6.07) is 51.3. The van der Waals surface area contributed by atoms with Crippen molar-refractivity contribution in [2.45, 2.75) is 0 Å². The second-order valence-corrected chi connectivity index (χ2v) is 11.0. The number of hydrogen-bond donors (Lipinski definition) is 0. The van der Waals surface area contributed by atoms with Gasteiger partial charge in [-0.3, -0.25) is 9.13 Å². The summed E-state index contributed by atoms with van der Waals surface area (Å²) in [4.78, 5) is 10.1. The van der Waals surface area contributed by atoms with Gasteiger partial charge in [0.25, 0.3) is 0 Å². The number of hydrogen-bond acceptors (Lipinski definition) is 2. The van der Waals surface area contributed by atoms with E-state index in [1.54, 1.807) is 0 Å². The zero-order chi connectivity index (χ0) is 29.0. The highest BCUT2D eigenvalue weighted by atomic mass is 15.1. The molecule has 0 aliphatic heterocycles.